The van der Waals surface area contributed by atoms with Gasteiger partial charge in [0.1, 0.15) is 0 Å². The van der Waals surface area contributed by atoms with Crippen LogP contribution in [-0.4, -0.2) is 25.5 Å². The summed E-state index contributed by atoms with van der Waals surface area (Å²) in [6, 6.07) is 3.87. The minimum Gasteiger partial charge on any atom is -0.351 e. The maximum Gasteiger partial charge on any atom is 0.261 e. The molecular formula is C11H17ClN2OS. The minimum absolute atomic E-state index is 0. The lowest BCUT2D eigenvalue weighted by Crippen LogP contribution is -2.29. The summed E-state index contributed by atoms with van der Waals surface area (Å²) in [6.07, 6.45) is 1.17. The van der Waals surface area contributed by atoms with Crippen LogP contribution < -0.4 is 10.6 Å². The predicted molar refractivity (Wildman–Crippen MR) is 69.6 cm³/mol. The minimum atomic E-state index is 0. The SMILES string of the molecule is Cc1ccc(C(=O)NCC2CCNC2)s1.Cl. The van der Waals surface area contributed by atoms with Gasteiger partial charge in [-0.2, -0.15) is 0 Å². The highest BCUT2D eigenvalue weighted by atomic mass is 35.5. The second kappa shape index (κ2) is 6.23. The topological polar surface area (TPSA) is 41.1 Å². The van der Waals surface area contributed by atoms with E-state index in [1.807, 2.05) is 19.1 Å². The molecule has 90 valence electrons. The van der Waals surface area contributed by atoms with Gasteiger partial charge in [-0.15, -0.1) is 23.7 Å². The Hall–Kier alpha value is -0.580. The van der Waals surface area contributed by atoms with Crippen molar-refractivity contribution in [1.82, 2.24) is 10.6 Å². The first-order valence-corrected chi connectivity index (χ1v) is 6.12. The molecule has 2 heterocycles. The average Bonchev–Trinajstić information content (AvgIpc) is 2.84. The second-order valence-electron chi connectivity index (χ2n) is 3.98. The van der Waals surface area contributed by atoms with E-state index < -0.39 is 0 Å². The number of hydrogen-bond donors (Lipinski definition) is 2. The zero-order chi connectivity index (χ0) is 10.7. The van der Waals surface area contributed by atoms with Crippen molar-refractivity contribution in [3.05, 3.63) is 21.9 Å². The highest BCUT2D eigenvalue weighted by Crippen LogP contribution is 2.15. The lowest BCUT2D eigenvalue weighted by atomic mass is 10.1. The van der Waals surface area contributed by atoms with Crippen LogP contribution >= 0.6 is 23.7 Å². The van der Waals surface area contributed by atoms with Crippen LogP contribution in [0.2, 0.25) is 0 Å². The van der Waals surface area contributed by atoms with Crippen molar-refractivity contribution < 1.29 is 4.79 Å². The summed E-state index contributed by atoms with van der Waals surface area (Å²) in [4.78, 5) is 13.7. The molecule has 0 radical (unpaired) electrons. The molecule has 1 saturated heterocycles. The second-order valence-corrected chi connectivity index (χ2v) is 5.27. The number of carbonyl (C=O) groups excluding carboxylic acids is 1. The van der Waals surface area contributed by atoms with Gasteiger partial charge >= 0.3 is 0 Å². The van der Waals surface area contributed by atoms with Crippen molar-refractivity contribution in [2.75, 3.05) is 19.6 Å². The van der Waals surface area contributed by atoms with Gasteiger partial charge in [-0.05, 0) is 44.5 Å². The van der Waals surface area contributed by atoms with E-state index in [9.17, 15) is 4.79 Å². The van der Waals surface area contributed by atoms with E-state index in [4.69, 9.17) is 0 Å². The average molecular weight is 261 g/mol. The molecule has 3 nitrogen and oxygen atoms in total. The van der Waals surface area contributed by atoms with Crippen molar-refractivity contribution in [2.45, 2.75) is 13.3 Å². The number of carbonyl (C=O) groups is 1. The fourth-order valence-electron chi connectivity index (χ4n) is 1.77. The zero-order valence-electron chi connectivity index (χ0n) is 9.29. The van der Waals surface area contributed by atoms with Gasteiger partial charge < -0.3 is 10.6 Å². The summed E-state index contributed by atoms with van der Waals surface area (Å²) in [6.45, 7) is 4.92. The number of amides is 1. The first kappa shape index (κ1) is 13.5. The Kier molecular flexibility index (Phi) is 5.25. The molecule has 1 aliphatic rings. The monoisotopic (exact) mass is 260 g/mol. The van der Waals surface area contributed by atoms with Gasteiger partial charge in [0.25, 0.3) is 5.91 Å². The van der Waals surface area contributed by atoms with Crippen molar-refractivity contribution in [3.8, 4) is 0 Å². The van der Waals surface area contributed by atoms with Crippen molar-refractivity contribution in [3.63, 3.8) is 0 Å². The van der Waals surface area contributed by atoms with Crippen LogP contribution in [0.5, 0.6) is 0 Å². The van der Waals surface area contributed by atoms with E-state index >= 15 is 0 Å². The molecule has 5 heteroatoms. The van der Waals surface area contributed by atoms with Crippen molar-refractivity contribution in [1.29, 1.82) is 0 Å². The summed E-state index contributed by atoms with van der Waals surface area (Å²) in [5.41, 5.74) is 0. The number of halogens is 1. The van der Waals surface area contributed by atoms with Crippen LogP contribution in [0.1, 0.15) is 21.0 Å². The van der Waals surface area contributed by atoms with Gasteiger partial charge in [-0.3, -0.25) is 4.79 Å². The van der Waals surface area contributed by atoms with Gasteiger partial charge in [-0.1, -0.05) is 0 Å². The summed E-state index contributed by atoms with van der Waals surface area (Å²) in [5, 5.41) is 6.28. The highest BCUT2D eigenvalue weighted by molar-refractivity contribution is 7.13. The summed E-state index contributed by atoms with van der Waals surface area (Å²) in [5.74, 6) is 0.676. The molecule has 2 N–H and O–H groups in total. The maximum absolute atomic E-state index is 11.7. The number of rotatable bonds is 3. The Morgan fingerprint density at radius 1 is 1.62 bits per heavy atom. The number of hydrogen-bond acceptors (Lipinski definition) is 3. The van der Waals surface area contributed by atoms with Crippen LogP contribution in [-0.2, 0) is 0 Å². The van der Waals surface area contributed by atoms with Gasteiger partial charge in [0.05, 0.1) is 4.88 Å². The first-order valence-electron chi connectivity index (χ1n) is 5.31. The predicted octanol–water partition coefficient (Wildman–Crippen LogP) is 1.82. The first-order chi connectivity index (χ1) is 7.25. The van der Waals surface area contributed by atoms with E-state index in [-0.39, 0.29) is 18.3 Å². The largest absolute Gasteiger partial charge is 0.351 e. The maximum atomic E-state index is 11.7. The molecule has 0 saturated carbocycles. The molecule has 1 fully saturated rings. The van der Waals surface area contributed by atoms with Crippen molar-refractivity contribution >= 4 is 29.7 Å². The molecule has 0 aromatic carbocycles. The quantitative estimate of drug-likeness (QED) is 0.871. The van der Waals surface area contributed by atoms with Crippen LogP contribution in [0, 0.1) is 12.8 Å². The summed E-state index contributed by atoms with van der Waals surface area (Å²) < 4.78 is 0. The zero-order valence-corrected chi connectivity index (χ0v) is 10.9. The lowest BCUT2D eigenvalue weighted by molar-refractivity contribution is 0.0952. The molecule has 1 aromatic rings. The third kappa shape index (κ3) is 3.47. The Balaban J connectivity index is 0.00000128. The van der Waals surface area contributed by atoms with Gasteiger partial charge in [0, 0.05) is 11.4 Å². The van der Waals surface area contributed by atoms with Gasteiger partial charge in [0.15, 0.2) is 0 Å². The summed E-state index contributed by atoms with van der Waals surface area (Å²) in [7, 11) is 0. The van der Waals surface area contributed by atoms with Crippen molar-refractivity contribution in [2.24, 2.45) is 5.92 Å². The van der Waals surface area contributed by atoms with E-state index in [2.05, 4.69) is 10.6 Å². The smallest absolute Gasteiger partial charge is 0.261 e. The summed E-state index contributed by atoms with van der Waals surface area (Å²) >= 11 is 1.55. The van der Waals surface area contributed by atoms with Crippen LogP contribution in [0.15, 0.2) is 12.1 Å². The third-order valence-corrected chi connectivity index (χ3v) is 3.68. The van der Waals surface area contributed by atoms with E-state index in [0.717, 1.165) is 24.5 Å². The molecule has 1 aliphatic heterocycles. The Morgan fingerprint density at radius 3 is 3.00 bits per heavy atom. The van der Waals surface area contributed by atoms with Crippen LogP contribution in [0.25, 0.3) is 0 Å². The molecule has 1 unspecified atom stereocenters. The van der Waals surface area contributed by atoms with Gasteiger partial charge in [-0.25, -0.2) is 0 Å². The molecule has 16 heavy (non-hydrogen) atoms. The Bertz CT molecular complexity index is 348. The van der Waals surface area contributed by atoms with E-state index in [0.29, 0.717) is 5.92 Å². The van der Waals surface area contributed by atoms with Crippen LogP contribution in [0.3, 0.4) is 0 Å². The third-order valence-electron chi connectivity index (χ3n) is 2.68. The molecule has 2 rings (SSSR count). The molecule has 0 bridgehead atoms. The fourth-order valence-corrected chi connectivity index (χ4v) is 2.55. The molecule has 0 spiro atoms. The standard InChI is InChI=1S/C11H16N2OS.ClH/c1-8-2-3-10(15-8)11(14)13-7-9-4-5-12-6-9;/h2-3,9,12H,4-7H2,1H3,(H,13,14);1H. The molecule has 1 amide bonds. The number of thiophene rings is 1. The number of nitrogens with one attached hydrogen (secondary N) is 2. The normalized spacial score (nSPS) is 19.2. The number of aryl methyl sites for hydroxylation is 1. The highest BCUT2D eigenvalue weighted by Gasteiger charge is 2.16. The molecule has 0 aliphatic carbocycles. The Morgan fingerprint density at radius 2 is 2.44 bits per heavy atom. The lowest BCUT2D eigenvalue weighted by Gasteiger charge is -2.08. The van der Waals surface area contributed by atoms with Gasteiger partial charge in [0.2, 0.25) is 0 Å². The van der Waals surface area contributed by atoms with E-state index in [1.54, 1.807) is 11.3 Å². The van der Waals surface area contributed by atoms with E-state index in [1.165, 1.54) is 11.3 Å². The van der Waals surface area contributed by atoms with Crippen LogP contribution in [0.4, 0.5) is 0 Å². The molecular weight excluding hydrogens is 244 g/mol. The molecule has 1 atom stereocenters. The molecule has 1 aromatic heterocycles. The Labute approximate surface area is 106 Å². The fraction of sp³-hybridized carbons (Fsp3) is 0.545.